The van der Waals surface area contributed by atoms with Gasteiger partial charge in [-0.3, -0.25) is 0 Å². The molecule has 0 aromatic heterocycles. The first kappa shape index (κ1) is 17.4. The molecule has 0 spiro atoms. The van der Waals surface area contributed by atoms with E-state index in [9.17, 15) is 0 Å². The molecule has 0 bridgehead atoms. The molecular formula is C9H25NO4Si. The summed E-state index contributed by atoms with van der Waals surface area (Å²) in [6.07, 6.45) is 1.06. The molecule has 0 heterocycles. The molecule has 0 saturated carbocycles. The van der Waals surface area contributed by atoms with E-state index in [4.69, 9.17) is 13.3 Å². The summed E-state index contributed by atoms with van der Waals surface area (Å²) in [5.41, 5.74) is 0. The van der Waals surface area contributed by atoms with Gasteiger partial charge in [0, 0.05) is 33.8 Å². The number of rotatable bonds is 7. The van der Waals surface area contributed by atoms with Gasteiger partial charge >= 0.3 is 8.80 Å². The summed E-state index contributed by atoms with van der Waals surface area (Å²) in [6.45, 7) is 1.10. The lowest BCUT2D eigenvalue weighted by Crippen LogP contribution is -2.44. The predicted molar refractivity (Wildman–Crippen MR) is 61.0 cm³/mol. The molecular weight excluding hydrogens is 214 g/mol. The zero-order valence-corrected chi connectivity index (χ0v) is 11.7. The summed E-state index contributed by atoms with van der Waals surface area (Å²) < 4.78 is 17.0. The Labute approximate surface area is 94.2 Å². The first-order valence-corrected chi connectivity index (χ1v) is 6.78. The van der Waals surface area contributed by atoms with Crippen molar-refractivity contribution in [3.63, 3.8) is 0 Å². The van der Waals surface area contributed by atoms with Gasteiger partial charge in [-0.05, 0) is 0 Å². The highest BCUT2D eigenvalue weighted by molar-refractivity contribution is 6.60. The van der Waals surface area contributed by atoms with E-state index in [2.05, 4.69) is 21.1 Å². The average Bonchev–Trinajstić information content (AvgIpc) is 2.11. The molecule has 0 fully saturated rings. The molecule has 1 N–H and O–H groups in total. The lowest BCUT2D eigenvalue weighted by Gasteiger charge is -2.27. The Morgan fingerprint density at radius 3 is 1.60 bits per heavy atom. The molecule has 5 nitrogen and oxygen atoms in total. The van der Waals surface area contributed by atoms with Crippen molar-refractivity contribution in [2.24, 2.45) is 0 Å². The lowest BCUT2D eigenvalue weighted by atomic mass is 10.4. The molecule has 0 aromatic carbocycles. The minimum atomic E-state index is -2.33. The normalized spacial score (nSPS) is 12.4. The summed E-state index contributed by atoms with van der Waals surface area (Å²) >= 11 is 0. The van der Waals surface area contributed by atoms with Crippen LogP contribution < -0.4 is 0 Å². The summed E-state index contributed by atoms with van der Waals surface area (Å²) in [7, 11) is 9.18. The topological polar surface area (TPSA) is 57.7 Å². The monoisotopic (exact) mass is 239 g/mol. The van der Waals surface area contributed by atoms with Crippen LogP contribution in [0.5, 0.6) is 0 Å². The van der Waals surface area contributed by atoms with Crippen molar-refractivity contribution in [3.05, 3.63) is 0 Å². The largest absolute Gasteiger partial charge is 0.870 e. The van der Waals surface area contributed by atoms with Crippen LogP contribution in [0.2, 0.25) is 6.04 Å². The first-order chi connectivity index (χ1) is 6.39. The van der Waals surface area contributed by atoms with Gasteiger partial charge in [0.25, 0.3) is 0 Å². The van der Waals surface area contributed by atoms with E-state index in [0.29, 0.717) is 0 Å². The van der Waals surface area contributed by atoms with E-state index in [1.165, 1.54) is 0 Å². The van der Waals surface area contributed by atoms with Gasteiger partial charge in [-0.15, -0.1) is 0 Å². The maximum Gasteiger partial charge on any atom is 0.500 e. The smallest absolute Gasteiger partial charge is 0.500 e. The van der Waals surface area contributed by atoms with Gasteiger partial charge in [0.15, 0.2) is 0 Å². The second kappa shape index (κ2) is 7.32. The molecule has 0 atom stereocenters. The first-order valence-electron chi connectivity index (χ1n) is 4.85. The van der Waals surface area contributed by atoms with Gasteiger partial charge in [-0.1, -0.05) is 0 Å². The standard InChI is InChI=1S/C9H24NO3Si.H2O/c1-10(2,3)8-7-9-14(11-4,12-5)13-6;/h7-9H2,1-6H3;1H2/q+1;/p-1. The Kier molecular flexibility index (Phi) is 8.49. The number of quaternary nitrogens is 1. The van der Waals surface area contributed by atoms with Crippen LogP contribution in [0, 0.1) is 0 Å². The number of hydrogen-bond donors (Lipinski definition) is 0. The highest BCUT2D eigenvalue weighted by Gasteiger charge is 2.37. The minimum Gasteiger partial charge on any atom is -0.870 e. The van der Waals surface area contributed by atoms with Crippen molar-refractivity contribution in [1.29, 1.82) is 0 Å². The molecule has 15 heavy (non-hydrogen) atoms. The summed E-state index contributed by atoms with van der Waals surface area (Å²) in [4.78, 5) is 0. The Hall–Kier alpha value is 0.0169. The highest BCUT2D eigenvalue weighted by atomic mass is 28.4. The van der Waals surface area contributed by atoms with E-state index < -0.39 is 8.80 Å². The van der Waals surface area contributed by atoms with Crippen molar-refractivity contribution >= 4 is 8.80 Å². The molecule has 0 aliphatic heterocycles. The van der Waals surface area contributed by atoms with Gasteiger partial charge in [0.05, 0.1) is 27.7 Å². The minimum absolute atomic E-state index is 0. The Balaban J connectivity index is 0. The highest BCUT2D eigenvalue weighted by Crippen LogP contribution is 2.15. The van der Waals surface area contributed by atoms with E-state index in [1.54, 1.807) is 21.3 Å². The second-order valence-electron chi connectivity index (χ2n) is 4.41. The molecule has 0 rings (SSSR count). The molecule has 0 aliphatic carbocycles. The molecule has 0 aromatic rings. The summed E-state index contributed by atoms with van der Waals surface area (Å²) in [6, 6.07) is 0.881. The SMILES string of the molecule is CO[Si](CCC[N+](C)(C)C)(OC)OC.[OH-]. The van der Waals surface area contributed by atoms with E-state index in [-0.39, 0.29) is 5.48 Å². The van der Waals surface area contributed by atoms with Gasteiger partial charge in [-0.2, -0.15) is 0 Å². The molecule has 0 amide bonds. The zero-order valence-electron chi connectivity index (χ0n) is 10.7. The third-order valence-electron chi connectivity index (χ3n) is 2.24. The average molecular weight is 239 g/mol. The van der Waals surface area contributed by atoms with Crippen molar-refractivity contribution in [3.8, 4) is 0 Å². The Morgan fingerprint density at radius 2 is 1.33 bits per heavy atom. The van der Waals surface area contributed by atoms with Crippen molar-refractivity contribution < 1.29 is 23.2 Å². The van der Waals surface area contributed by atoms with Crippen molar-refractivity contribution in [1.82, 2.24) is 0 Å². The van der Waals surface area contributed by atoms with Gasteiger partial charge in [-0.25, -0.2) is 0 Å². The van der Waals surface area contributed by atoms with E-state index in [0.717, 1.165) is 23.5 Å². The van der Waals surface area contributed by atoms with Crippen LogP contribution in [0.3, 0.4) is 0 Å². The number of hydrogen-bond acceptors (Lipinski definition) is 4. The Bertz CT molecular complexity index is 148. The molecule has 6 heteroatoms. The van der Waals surface area contributed by atoms with Crippen LogP contribution in [-0.2, 0) is 13.3 Å². The maximum atomic E-state index is 5.34. The fourth-order valence-corrected chi connectivity index (χ4v) is 3.03. The fraction of sp³-hybridized carbons (Fsp3) is 1.00. The van der Waals surface area contributed by atoms with Crippen LogP contribution in [0.1, 0.15) is 6.42 Å². The second-order valence-corrected chi connectivity index (χ2v) is 7.50. The summed E-state index contributed by atoms with van der Waals surface area (Å²) in [5.74, 6) is 0. The third-order valence-corrected chi connectivity index (χ3v) is 5.08. The van der Waals surface area contributed by atoms with E-state index >= 15 is 0 Å². The third kappa shape index (κ3) is 6.99. The zero-order chi connectivity index (χ0) is 11.2. The molecule has 94 valence electrons. The summed E-state index contributed by atoms with van der Waals surface area (Å²) in [5, 5.41) is 0. The Morgan fingerprint density at radius 1 is 0.933 bits per heavy atom. The van der Waals surface area contributed by atoms with Gasteiger partial charge in [0.2, 0.25) is 0 Å². The molecule has 0 unspecified atom stereocenters. The fourth-order valence-electron chi connectivity index (χ4n) is 1.33. The van der Waals surface area contributed by atoms with Gasteiger partial charge in [0.1, 0.15) is 0 Å². The van der Waals surface area contributed by atoms with Crippen LogP contribution >= 0.6 is 0 Å². The molecule has 0 aliphatic rings. The maximum absolute atomic E-state index is 5.34. The quantitative estimate of drug-likeness (QED) is 0.487. The van der Waals surface area contributed by atoms with Crippen molar-refractivity contribution in [2.45, 2.75) is 12.5 Å². The van der Waals surface area contributed by atoms with Crippen LogP contribution in [0.4, 0.5) is 0 Å². The van der Waals surface area contributed by atoms with Crippen LogP contribution in [0.25, 0.3) is 0 Å². The van der Waals surface area contributed by atoms with E-state index in [1.807, 2.05) is 0 Å². The number of nitrogens with zero attached hydrogens (tertiary/aromatic N) is 1. The van der Waals surface area contributed by atoms with Crippen LogP contribution in [-0.4, -0.2) is 67.8 Å². The lowest BCUT2D eigenvalue weighted by molar-refractivity contribution is -0.870. The molecule has 0 saturated heterocycles. The van der Waals surface area contributed by atoms with Crippen LogP contribution in [0.15, 0.2) is 0 Å². The molecule has 0 radical (unpaired) electrons. The van der Waals surface area contributed by atoms with Gasteiger partial charge < -0.3 is 23.2 Å². The predicted octanol–water partition coefficient (Wildman–Crippen LogP) is 0.784. The van der Waals surface area contributed by atoms with Crippen molar-refractivity contribution in [2.75, 3.05) is 49.0 Å².